The van der Waals surface area contributed by atoms with Gasteiger partial charge in [-0.1, -0.05) is 174 Å². The summed E-state index contributed by atoms with van der Waals surface area (Å²) < 4.78 is 49.3. The maximum atomic E-state index is 10.6. The maximum absolute atomic E-state index is 10.6. The van der Waals surface area contributed by atoms with Crippen LogP contribution < -0.4 is 4.74 Å². The van der Waals surface area contributed by atoms with Crippen molar-refractivity contribution in [1.29, 1.82) is 0 Å². The first kappa shape index (κ1) is 71.5. The maximum Gasteiger partial charge on any atom is 0.192 e. The molecule has 1 heterocycles. The van der Waals surface area contributed by atoms with Gasteiger partial charge in [-0.3, -0.25) is 0 Å². The van der Waals surface area contributed by atoms with Gasteiger partial charge in [0.15, 0.2) is 33.3 Å². The van der Waals surface area contributed by atoms with Crippen LogP contribution in [0.4, 0.5) is 0 Å². The quantitative estimate of drug-likeness (QED) is 0.0651. The minimum Gasteiger partial charge on any atom is -0.497 e. The van der Waals surface area contributed by atoms with Gasteiger partial charge >= 0.3 is 0 Å². The van der Waals surface area contributed by atoms with Crippen LogP contribution in [-0.2, 0) is 33.8 Å². The first-order valence-corrected chi connectivity index (χ1v) is 42.3. The minimum atomic E-state index is -2.23. The van der Waals surface area contributed by atoms with E-state index in [1.54, 1.807) is 7.11 Å². The van der Waals surface area contributed by atoms with E-state index in [1.165, 1.54) is 5.57 Å². The van der Waals surface area contributed by atoms with Gasteiger partial charge in [-0.25, -0.2) is 0 Å². The SMILES string of the molecule is CCS[C@@H]1O[C@H](C[C@H](/C=C\[C@@H](C)[C@@H](O[Si](C)(C)C(C)(C)C)[C@H](C)/C=C(/C)C[C@@H](C)[C@H](O[Si](C)(C)C(C)(C)C)[C@@H](C)[C@H](OCc2ccc(OC)cc2)[C@H](C)CO)O[Si](C)(C)C(C)(C)C)[C@@H](C)[C@@H](O[Si](C)(C)C(C)(C)C)[C@@H]1C. The van der Waals surface area contributed by atoms with Crippen LogP contribution in [0.1, 0.15) is 164 Å². The Morgan fingerprint density at radius 2 is 1.14 bits per heavy atom. The zero-order valence-corrected chi connectivity index (χ0v) is 59.7. The summed E-state index contributed by atoms with van der Waals surface area (Å²) in [7, 11) is -7.04. The van der Waals surface area contributed by atoms with Crippen molar-refractivity contribution in [3.63, 3.8) is 0 Å². The van der Waals surface area contributed by atoms with Crippen molar-refractivity contribution in [2.45, 2.75) is 279 Å². The van der Waals surface area contributed by atoms with Crippen LogP contribution in [0.25, 0.3) is 0 Å². The molecule has 1 aromatic rings. The Morgan fingerprint density at radius 1 is 0.658 bits per heavy atom. The molecule has 1 aliphatic rings. The van der Waals surface area contributed by atoms with Gasteiger partial charge in [0, 0.05) is 36.7 Å². The van der Waals surface area contributed by atoms with Crippen LogP contribution in [0.2, 0.25) is 72.5 Å². The lowest BCUT2D eigenvalue weighted by atomic mass is 9.81. The van der Waals surface area contributed by atoms with E-state index in [0.29, 0.717) is 6.61 Å². The van der Waals surface area contributed by atoms with Crippen molar-refractivity contribution in [2.75, 3.05) is 19.5 Å². The number of aliphatic hydroxyl groups is 1. The predicted molar refractivity (Wildman–Crippen MR) is 340 cm³/mol. The normalized spacial score (nSPS) is 23.9. The van der Waals surface area contributed by atoms with E-state index in [1.807, 2.05) is 23.9 Å². The van der Waals surface area contributed by atoms with Crippen molar-refractivity contribution in [1.82, 2.24) is 0 Å². The highest BCUT2D eigenvalue weighted by molar-refractivity contribution is 7.99. The van der Waals surface area contributed by atoms with E-state index in [2.05, 4.69) is 228 Å². The van der Waals surface area contributed by atoms with Gasteiger partial charge in [0.1, 0.15) is 11.2 Å². The summed E-state index contributed by atoms with van der Waals surface area (Å²) in [5.41, 5.74) is 2.48. The second-order valence-corrected chi connectivity index (χ2v) is 50.2. The van der Waals surface area contributed by atoms with Crippen molar-refractivity contribution < 1.29 is 37.0 Å². The molecule has 1 fully saturated rings. The molecule has 0 radical (unpaired) electrons. The van der Waals surface area contributed by atoms with Crippen LogP contribution in [0, 0.1) is 41.4 Å². The molecular formula is C63H122O8SSi4. The highest BCUT2D eigenvalue weighted by Gasteiger charge is 2.50. The number of ether oxygens (including phenoxy) is 3. The van der Waals surface area contributed by atoms with Crippen molar-refractivity contribution in [3.05, 3.63) is 53.6 Å². The lowest BCUT2D eigenvalue weighted by Gasteiger charge is -2.50. The first-order valence-electron chi connectivity index (χ1n) is 29.6. The van der Waals surface area contributed by atoms with Crippen molar-refractivity contribution in [3.8, 4) is 5.75 Å². The summed E-state index contributed by atoms with van der Waals surface area (Å²) >= 11 is 1.92. The molecule has 14 atom stereocenters. The van der Waals surface area contributed by atoms with Gasteiger partial charge < -0.3 is 37.0 Å². The first-order chi connectivity index (χ1) is 34.4. The van der Waals surface area contributed by atoms with Gasteiger partial charge in [-0.15, -0.1) is 11.8 Å². The minimum absolute atomic E-state index is 0.00939. The average Bonchev–Trinajstić information content (AvgIpc) is 3.27. The molecule has 2 rings (SSSR count). The molecule has 8 nitrogen and oxygen atoms in total. The molecule has 444 valence electrons. The van der Waals surface area contributed by atoms with Gasteiger partial charge in [0.2, 0.25) is 0 Å². The molecule has 0 spiro atoms. The highest BCUT2D eigenvalue weighted by Crippen LogP contribution is 2.47. The number of rotatable bonds is 28. The molecule has 0 bridgehead atoms. The Labute approximate surface area is 479 Å². The number of hydrogen-bond acceptors (Lipinski definition) is 9. The molecule has 76 heavy (non-hydrogen) atoms. The summed E-state index contributed by atoms with van der Waals surface area (Å²) in [5.74, 6) is 2.69. The molecule has 0 amide bonds. The summed E-state index contributed by atoms with van der Waals surface area (Å²) in [4.78, 5) is 0. The van der Waals surface area contributed by atoms with E-state index >= 15 is 0 Å². The summed E-state index contributed by atoms with van der Waals surface area (Å²) in [5, 5.41) is 10.9. The number of aliphatic hydroxyl groups excluding tert-OH is 1. The fourth-order valence-corrected chi connectivity index (χ4v) is 16.4. The van der Waals surface area contributed by atoms with E-state index in [4.69, 9.17) is 31.9 Å². The Bertz CT molecular complexity index is 1930. The molecule has 13 heteroatoms. The Balaban J connectivity index is 2.68. The van der Waals surface area contributed by atoms with Crippen LogP contribution >= 0.6 is 11.8 Å². The summed E-state index contributed by atoms with van der Waals surface area (Å²) in [6.07, 6.45) is 8.61. The second-order valence-electron chi connectivity index (χ2n) is 29.8. The number of allylic oxidation sites excluding steroid dienone is 1. The molecule has 1 saturated heterocycles. The zero-order chi connectivity index (χ0) is 59.0. The predicted octanol–water partition coefficient (Wildman–Crippen LogP) is 18.3. The number of hydrogen-bond donors (Lipinski definition) is 1. The van der Waals surface area contributed by atoms with Crippen LogP contribution in [-0.4, -0.2) is 99.9 Å². The van der Waals surface area contributed by atoms with Crippen LogP contribution in [0.3, 0.4) is 0 Å². The number of thioether (sulfide) groups is 1. The Morgan fingerprint density at radius 3 is 1.61 bits per heavy atom. The average molecular weight is 1150 g/mol. The van der Waals surface area contributed by atoms with Crippen molar-refractivity contribution >= 4 is 45.0 Å². The van der Waals surface area contributed by atoms with Crippen LogP contribution in [0.15, 0.2) is 48.1 Å². The summed E-state index contributed by atoms with van der Waals surface area (Å²) in [6.45, 7) is 68.4. The molecule has 1 aromatic carbocycles. The largest absolute Gasteiger partial charge is 0.497 e. The molecule has 1 aliphatic heterocycles. The lowest BCUT2D eigenvalue weighted by molar-refractivity contribution is -0.134. The third-order valence-electron chi connectivity index (χ3n) is 19.0. The van der Waals surface area contributed by atoms with Gasteiger partial charge in [-0.05, 0) is 127 Å². The fraction of sp³-hybridized carbons (Fsp3) is 0.841. The number of benzene rings is 1. The second kappa shape index (κ2) is 28.6. The monoisotopic (exact) mass is 1150 g/mol. The van der Waals surface area contributed by atoms with Crippen LogP contribution in [0.5, 0.6) is 5.75 Å². The fourth-order valence-electron chi connectivity index (χ4n) is 9.73. The van der Waals surface area contributed by atoms with E-state index in [-0.39, 0.29) is 110 Å². The van der Waals surface area contributed by atoms with Gasteiger partial charge in [0.05, 0.1) is 50.3 Å². The molecule has 0 aliphatic carbocycles. The third kappa shape index (κ3) is 20.1. The zero-order valence-electron chi connectivity index (χ0n) is 54.9. The van der Waals surface area contributed by atoms with E-state index in [9.17, 15) is 5.11 Å². The Kier molecular flexibility index (Phi) is 26.9. The van der Waals surface area contributed by atoms with E-state index < -0.39 is 33.3 Å². The lowest BCUT2D eigenvalue weighted by Crippen LogP contribution is -2.55. The molecule has 1 N–H and O–H groups in total. The third-order valence-corrected chi connectivity index (χ3v) is 38.2. The smallest absolute Gasteiger partial charge is 0.192 e. The number of methoxy groups -OCH3 is 1. The molecule has 0 unspecified atom stereocenters. The van der Waals surface area contributed by atoms with Gasteiger partial charge in [0.25, 0.3) is 0 Å². The van der Waals surface area contributed by atoms with Crippen molar-refractivity contribution in [2.24, 2.45) is 41.4 Å². The molecule has 0 aromatic heterocycles. The molecular weight excluding hydrogens is 1030 g/mol. The van der Waals surface area contributed by atoms with E-state index in [0.717, 1.165) is 29.9 Å². The topological polar surface area (TPSA) is 84.8 Å². The Hall–Kier alpha value is -0.562. The van der Waals surface area contributed by atoms with Gasteiger partial charge in [-0.2, -0.15) is 0 Å². The highest BCUT2D eigenvalue weighted by atomic mass is 32.2. The summed E-state index contributed by atoms with van der Waals surface area (Å²) in [6, 6.07) is 8.07. The molecule has 0 saturated carbocycles. The standard InChI is InChI=1S/C63H122O8SSi4/c1-31-72-59-50(9)58(71-76(29,30)63(19,20)21)48(7)54(67-59)40-53(68-73(23,24)60(10,11)12)35-32-44(3)55(69-74(25,26)61(13,14)15)45(4)38-43(2)39-46(5)57(70-75(27,28)62(16,17)18)49(8)56(47(6)41-64)66-42-51-33-36-52(65-22)37-34-51/h32-38,44-50,53-59,64H,31,39-42H2,1-30H3/b35-32-,43-38-/t44-,45-,46-,47-,48-,49+,50+,53+,54-,55-,56-,57+,58-,59+/m1/s1.